The lowest BCUT2D eigenvalue weighted by Crippen LogP contribution is -2.43. The highest BCUT2D eigenvalue weighted by Crippen LogP contribution is 2.13. The molecule has 1 N–H and O–H groups in total. The first-order valence-corrected chi connectivity index (χ1v) is 5.13. The highest BCUT2D eigenvalue weighted by molar-refractivity contribution is 5.94. The predicted octanol–water partition coefficient (Wildman–Crippen LogP) is 2.88. The molecule has 16 heavy (non-hydrogen) atoms. The van der Waals surface area contributed by atoms with E-state index in [0.29, 0.717) is 6.07 Å². The average Bonchev–Trinajstić information content (AvgIpc) is 2.16. The molecule has 1 aromatic carbocycles. The molecule has 0 fully saturated rings. The van der Waals surface area contributed by atoms with Crippen LogP contribution in [0.4, 0.5) is 8.78 Å². The second-order valence-electron chi connectivity index (χ2n) is 4.32. The number of rotatable bonds is 3. The molecule has 0 saturated heterocycles. The van der Waals surface area contributed by atoms with Crippen molar-refractivity contribution in [2.24, 2.45) is 0 Å². The molecule has 0 aliphatic carbocycles. The van der Waals surface area contributed by atoms with E-state index in [0.717, 1.165) is 18.6 Å². The van der Waals surface area contributed by atoms with Crippen LogP contribution < -0.4 is 5.32 Å². The maximum Gasteiger partial charge on any atom is 0.254 e. The number of hydrogen-bond acceptors (Lipinski definition) is 1. The molecular formula is C12H15F2NO. The van der Waals surface area contributed by atoms with Crippen molar-refractivity contribution in [3.8, 4) is 0 Å². The third-order valence-corrected chi connectivity index (χ3v) is 2.51. The zero-order chi connectivity index (χ0) is 12.3. The number of carbonyl (C=O) groups is 1. The minimum absolute atomic E-state index is 0.136. The van der Waals surface area contributed by atoms with Gasteiger partial charge in [-0.05, 0) is 32.4 Å². The first-order valence-electron chi connectivity index (χ1n) is 5.13. The van der Waals surface area contributed by atoms with Crippen LogP contribution in [-0.2, 0) is 0 Å². The lowest BCUT2D eigenvalue weighted by molar-refractivity contribution is 0.0907. The molecule has 1 aromatic rings. The van der Waals surface area contributed by atoms with E-state index in [1.807, 2.05) is 20.8 Å². The number of carbonyl (C=O) groups excluding carboxylic acids is 1. The van der Waals surface area contributed by atoms with Crippen LogP contribution in [0.25, 0.3) is 0 Å². The summed E-state index contributed by atoms with van der Waals surface area (Å²) in [4.78, 5) is 11.7. The number of hydrogen-bond donors (Lipinski definition) is 1. The molecule has 0 heterocycles. The summed E-state index contributed by atoms with van der Waals surface area (Å²) < 4.78 is 25.9. The van der Waals surface area contributed by atoms with E-state index >= 15 is 0 Å². The van der Waals surface area contributed by atoms with E-state index in [1.54, 1.807) is 0 Å². The second-order valence-corrected chi connectivity index (χ2v) is 4.32. The molecule has 4 heteroatoms. The normalized spacial score (nSPS) is 11.3. The minimum Gasteiger partial charge on any atom is -0.347 e. The molecule has 0 aliphatic rings. The van der Waals surface area contributed by atoms with E-state index < -0.39 is 23.1 Å². The Morgan fingerprint density at radius 1 is 1.38 bits per heavy atom. The first-order chi connectivity index (χ1) is 7.35. The zero-order valence-corrected chi connectivity index (χ0v) is 9.60. The van der Waals surface area contributed by atoms with Gasteiger partial charge in [0.05, 0.1) is 5.56 Å². The maximum absolute atomic E-state index is 13.3. The van der Waals surface area contributed by atoms with Crippen molar-refractivity contribution in [2.75, 3.05) is 0 Å². The molecule has 88 valence electrons. The summed E-state index contributed by atoms with van der Waals surface area (Å²) >= 11 is 0. The molecule has 0 radical (unpaired) electrons. The van der Waals surface area contributed by atoms with Crippen LogP contribution in [0.2, 0.25) is 0 Å². The lowest BCUT2D eigenvalue weighted by Gasteiger charge is -2.24. The second kappa shape index (κ2) is 4.60. The molecule has 1 rings (SSSR count). The molecule has 0 spiro atoms. The Labute approximate surface area is 93.7 Å². The largest absolute Gasteiger partial charge is 0.347 e. The molecule has 0 saturated carbocycles. The fourth-order valence-corrected chi connectivity index (χ4v) is 1.14. The Hall–Kier alpha value is -1.45. The Morgan fingerprint density at radius 2 is 2.00 bits per heavy atom. The zero-order valence-electron chi connectivity index (χ0n) is 9.60. The lowest BCUT2D eigenvalue weighted by atomic mass is 10.0. The summed E-state index contributed by atoms with van der Waals surface area (Å²) in [6, 6.07) is 2.91. The molecule has 0 aliphatic heterocycles. The molecule has 0 unspecified atom stereocenters. The smallest absolute Gasteiger partial charge is 0.254 e. The fraction of sp³-hybridized carbons (Fsp3) is 0.417. The summed E-state index contributed by atoms with van der Waals surface area (Å²) in [6.07, 6.45) is 0.724. The van der Waals surface area contributed by atoms with Gasteiger partial charge in [-0.1, -0.05) is 6.92 Å². The van der Waals surface area contributed by atoms with E-state index in [-0.39, 0.29) is 5.56 Å². The Bertz CT molecular complexity index is 402. The summed E-state index contributed by atoms with van der Waals surface area (Å²) in [6.45, 7) is 5.60. The third-order valence-electron chi connectivity index (χ3n) is 2.51. The van der Waals surface area contributed by atoms with Gasteiger partial charge in [0.15, 0.2) is 0 Å². The SMILES string of the molecule is CCC(C)(C)NC(=O)c1ccc(F)cc1F. The van der Waals surface area contributed by atoms with Crippen LogP contribution in [0.3, 0.4) is 0 Å². The van der Waals surface area contributed by atoms with Gasteiger partial charge in [-0.3, -0.25) is 4.79 Å². The first kappa shape index (κ1) is 12.6. The highest BCUT2D eigenvalue weighted by Gasteiger charge is 2.20. The van der Waals surface area contributed by atoms with Crippen molar-refractivity contribution in [3.63, 3.8) is 0 Å². The van der Waals surface area contributed by atoms with Crippen LogP contribution in [0.15, 0.2) is 18.2 Å². The summed E-state index contributed by atoms with van der Waals surface area (Å²) in [5.74, 6) is -2.06. The maximum atomic E-state index is 13.3. The Balaban J connectivity index is 2.89. The van der Waals surface area contributed by atoms with Crippen LogP contribution in [0.5, 0.6) is 0 Å². The molecule has 0 aromatic heterocycles. The van der Waals surface area contributed by atoms with Crippen molar-refractivity contribution >= 4 is 5.91 Å². The van der Waals surface area contributed by atoms with Gasteiger partial charge >= 0.3 is 0 Å². The predicted molar refractivity (Wildman–Crippen MR) is 58.2 cm³/mol. The topological polar surface area (TPSA) is 29.1 Å². The quantitative estimate of drug-likeness (QED) is 0.845. The van der Waals surface area contributed by atoms with Gasteiger partial charge in [0, 0.05) is 11.6 Å². The average molecular weight is 227 g/mol. The molecule has 1 amide bonds. The number of halogens is 2. The fourth-order valence-electron chi connectivity index (χ4n) is 1.14. The summed E-state index contributed by atoms with van der Waals surface area (Å²) in [7, 11) is 0. The molecular weight excluding hydrogens is 212 g/mol. The highest BCUT2D eigenvalue weighted by atomic mass is 19.1. The minimum atomic E-state index is -0.843. The van der Waals surface area contributed by atoms with E-state index in [1.165, 1.54) is 0 Å². The van der Waals surface area contributed by atoms with E-state index in [4.69, 9.17) is 0 Å². The monoisotopic (exact) mass is 227 g/mol. The van der Waals surface area contributed by atoms with Crippen molar-refractivity contribution in [1.29, 1.82) is 0 Å². The molecule has 0 atom stereocenters. The van der Waals surface area contributed by atoms with Gasteiger partial charge in [-0.15, -0.1) is 0 Å². The van der Waals surface area contributed by atoms with Gasteiger partial charge in [-0.25, -0.2) is 8.78 Å². The summed E-state index contributed by atoms with van der Waals surface area (Å²) in [5, 5.41) is 2.68. The van der Waals surface area contributed by atoms with E-state index in [2.05, 4.69) is 5.32 Å². The molecule has 2 nitrogen and oxygen atoms in total. The van der Waals surface area contributed by atoms with Crippen molar-refractivity contribution < 1.29 is 13.6 Å². The number of nitrogens with one attached hydrogen (secondary N) is 1. The third kappa shape index (κ3) is 3.02. The standard InChI is InChI=1S/C12H15F2NO/c1-4-12(2,3)15-11(16)9-6-5-8(13)7-10(9)14/h5-7H,4H2,1-3H3,(H,15,16). The summed E-state index contributed by atoms with van der Waals surface area (Å²) in [5.41, 5.74) is -0.541. The van der Waals surface area contributed by atoms with Gasteiger partial charge in [0.25, 0.3) is 5.91 Å². The van der Waals surface area contributed by atoms with Crippen LogP contribution >= 0.6 is 0 Å². The number of benzene rings is 1. The molecule has 0 bridgehead atoms. The van der Waals surface area contributed by atoms with Crippen LogP contribution in [-0.4, -0.2) is 11.4 Å². The van der Waals surface area contributed by atoms with Crippen LogP contribution in [0, 0.1) is 11.6 Å². The number of amides is 1. The van der Waals surface area contributed by atoms with Gasteiger partial charge < -0.3 is 5.32 Å². The Kier molecular flexibility index (Phi) is 3.62. The van der Waals surface area contributed by atoms with Gasteiger partial charge in [-0.2, -0.15) is 0 Å². The van der Waals surface area contributed by atoms with Crippen LogP contribution in [0.1, 0.15) is 37.6 Å². The van der Waals surface area contributed by atoms with Gasteiger partial charge in [0.2, 0.25) is 0 Å². The van der Waals surface area contributed by atoms with Crippen molar-refractivity contribution in [2.45, 2.75) is 32.7 Å². The van der Waals surface area contributed by atoms with Gasteiger partial charge in [0.1, 0.15) is 11.6 Å². The van der Waals surface area contributed by atoms with E-state index in [9.17, 15) is 13.6 Å². The van der Waals surface area contributed by atoms with Crippen molar-refractivity contribution in [1.82, 2.24) is 5.32 Å². The Morgan fingerprint density at radius 3 is 2.50 bits per heavy atom. The van der Waals surface area contributed by atoms with Crippen molar-refractivity contribution in [3.05, 3.63) is 35.4 Å².